The first-order chi connectivity index (χ1) is 20.9. The van der Waals surface area contributed by atoms with Gasteiger partial charge in [-0.15, -0.1) is 10.2 Å². The SMILES string of the molecule is CCCCc1nc(Cl)c(C(=O)c2cccc(CN(CC)CC)[n+]2[O-])n1Cc1ccc(-c2ccccc2)c(-c2nn[nH]n2)c1. The minimum atomic E-state index is -0.462. The Balaban J connectivity index is 1.57. The van der Waals surface area contributed by atoms with Crippen LogP contribution in [0.2, 0.25) is 5.15 Å². The second-order valence-electron chi connectivity index (χ2n) is 10.3. The summed E-state index contributed by atoms with van der Waals surface area (Å²) in [6.45, 7) is 8.53. The molecule has 3 aromatic heterocycles. The van der Waals surface area contributed by atoms with Gasteiger partial charge in [0.05, 0.1) is 6.54 Å². The highest BCUT2D eigenvalue weighted by molar-refractivity contribution is 6.33. The van der Waals surface area contributed by atoms with Gasteiger partial charge in [-0.2, -0.15) is 9.94 Å². The predicted octanol–water partition coefficient (Wildman–Crippen LogP) is 5.48. The monoisotopic (exact) mass is 598 g/mol. The normalized spacial score (nSPS) is 11.4. The molecule has 0 aliphatic carbocycles. The number of halogens is 1. The Kier molecular flexibility index (Phi) is 9.58. The maximum absolute atomic E-state index is 14.0. The van der Waals surface area contributed by atoms with Crippen molar-refractivity contribution < 1.29 is 9.52 Å². The Morgan fingerprint density at radius 3 is 2.51 bits per heavy atom. The number of nitrogens with zero attached hydrogens (tertiary/aromatic N) is 7. The molecule has 0 aliphatic rings. The van der Waals surface area contributed by atoms with E-state index < -0.39 is 5.78 Å². The van der Waals surface area contributed by atoms with E-state index in [1.807, 2.05) is 66.9 Å². The van der Waals surface area contributed by atoms with Crippen molar-refractivity contribution in [3.8, 4) is 22.5 Å². The number of benzene rings is 2. The van der Waals surface area contributed by atoms with E-state index in [0.717, 1.165) is 52.9 Å². The van der Waals surface area contributed by atoms with Crippen LogP contribution in [0.1, 0.15) is 66.9 Å². The minimum Gasteiger partial charge on any atom is -0.618 e. The number of ketones is 1. The van der Waals surface area contributed by atoms with Gasteiger partial charge in [0.2, 0.25) is 11.5 Å². The van der Waals surface area contributed by atoms with Crippen molar-refractivity contribution in [2.75, 3.05) is 13.1 Å². The van der Waals surface area contributed by atoms with Gasteiger partial charge in [-0.3, -0.25) is 9.69 Å². The molecule has 222 valence electrons. The molecule has 5 aromatic rings. The lowest BCUT2D eigenvalue weighted by Gasteiger charge is -2.18. The molecule has 11 heteroatoms. The summed E-state index contributed by atoms with van der Waals surface area (Å²) >= 11 is 6.67. The van der Waals surface area contributed by atoms with Crippen LogP contribution in [-0.2, 0) is 19.5 Å². The fraction of sp³-hybridized carbons (Fsp3) is 0.312. The highest BCUT2D eigenvalue weighted by Crippen LogP contribution is 2.32. The summed E-state index contributed by atoms with van der Waals surface area (Å²) < 4.78 is 2.57. The van der Waals surface area contributed by atoms with E-state index in [4.69, 9.17) is 11.6 Å². The smallest absolute Gasteiger partial charge is 0.277 e. The third-order valence-electron chi connectivity index (χ3n) is 7.60. The van der Waals surface area contributed by atoms with E-state index in [-0.39, 0.29) is 16.5 Å². The molecule has 0 fully saturated rings. The molecule has 43 heavy (non-hydrogen) atoms. The zero-order valence-corrected chi connectivity index (χ0v) is 25.4. The molecule has 3 heterocycles. The molecule has 2 aromatic carbocycles. The number of carbonyl (C=O) groups excluding carboxylic acids is 1. The number of aromatic amines is 1. The van der Waals surface area contributed by atoms with Crippen LogP contribution in [0.15, 0.2) is 66.7 Å². The molecule has 0 saturated carbocycles. The van der Waals surface area contributed by atoms with Crippen molar-refractivity contribution in [3.63, 3.8) is 0 Å². The average molecular weight is 599 g/mol. The van der Waals surface area contributed by atoms with Crippen LogP contribution in [0.5, 0.6) is 0 Å². The molecule has 0 bridgehead atoms. The van der Waals surface area contributed by atoms with E-state index in [1.165, 1.54) is 0 Å². The zero-order valence-electron chi connectivity index (χ0n) is 24.6. The highest BCUT2D eigenvalue weighted by atomic mass is 35.5. The zero-order chi connectivity index (χ0) is 30.3. The van der Waals surface area contributed by atoms with Crippen LogP contribution in [-0.4, -0.2) is 53.9 Å². The minimum absolute atomic E-state index is 0.0154. The Morgan fingerprint density at radius 2 is 1.81 bits per heavy atom. The van der Waals surface area contributed by atoms with Crippen molar-refractivity contribution in [2.24, 2.45) is 0 Å². The second kappa shape index (κ2) is 13.7. The van der Waals surface area contributed by atoms with Crippen LogP contribution in [0.3, 0.4) is 0 Å². The molecule has 0 aliphatic heterocycles. The number of hydrogen-bond donors (Lipinski definition) is 1. The molecule has 0 amide bonds. The summed E-state index contributed by atoms with van der Waals surface area (Å²) in [5.41, 5.74) is 4.38. The molecule has 10 nitrogen and oxygen atoms in total. The van der Waals surface area contributed by atoms with E-state index in [2.05, 4.69) is 37.4 Å². The average Bonchev–Trinajstić information content (AvgIpc) is 3.68. The van der Waals surface area contributed by atoms with Gasteiger partial charge >= 0.3 is 0 Å². The number of aromatic nitrogens is 7. The standard InChI is InChI=1S/C32H35ClN8O2/c1-4-7-16-28-34-31(33)29(30(42)27-15-11-14-24(41(27)43)21-39(5-2)6-3)40(28)20-22-17-18-25(23-12-9-8-10-13-23)26(19-22)32-35-37-38-36-32/h8-15,17-19H,4-7,16,20-21H2,1-3H3,(H,35,36,37,38). The lowest BCUT2D eigenvalue weighted by molar-refractivity contribution is -0.617. The molecule has 0 spiro atoms. The molecule has 5 rings (SSSR count). The molecule has 0 unspecified atom stereocenters. The number of imidazole rings is 1. The van der Waals surface area contributed by atoms with E-state index >= 15 is 0 Å². The third-order valence-corrected chi connectivity index (χ3v) is 7.87. The molecular weight excluding hydrogens is 564 g/mol. The van der Waals surface area contributed by atoms with Gasteiger partial charge in [0.15, 0.2) is 5.15 Å². The van der Waals surface area contributed by atoms with Crippen LogP contribution in [0.4, 0.5) is 0 Å². The molecular formula is C32H35ClN8O2. The van der Waals surface area contributed by atoms with Gasteiger partial charge in [-0.25, -0.2) is 4.98 Å². The van der Waals surface area contributed by atoms with Crippen molar-refractivity contribution in [2.45, 2.75) is 53.1 Å². The Hall–Kier alpha value is -4.41. The van der Waals surface area contributed by atoms with Crippen molar-refractivity contribution in [1.29, 1.82) is 0 Å². The first kappa shape index (κ1) is 30.1. The summed E-state index contributed by atoms with van der Waals surface area (Å²) in [6, 6.07) is 21.0. The van der Waals surface area contributed by atoms with Crippen LogP contribution >= 0.6 is 11.6 Å². The lowest BCUT2D eigenvalue weighted by atomic mass is 9.97. The number of rotatable bonds is 13. The van der Waals surface area contributed by atoms with Gasteiger partial charge in [0.1, 0.15) is 11.5 Å². The number of aryl methyl sites for hydroxylation is 1. The van der Waals surface area contributed by atoms with Crippen molar-refractivity contribution >= 4 is 17.4 Å². The number of carbonyl (C=O) groups is 1. The lowest BCUT2D eigenvalue weighted by Crippen LogP contribution is -2.42. The number of hydrogen-bond acceptors (Lipinski definition) is 7. The van der Waals surface area contributed by atoms with Crippen molar-refractivity contribution in [3.05, 3.63) is 106 Å². The summed E-state index contributed by atoms with van der Waals surface area (Å²) in [5.74, 6) is 0.695. The van der Waals surface area contributed by atoms with Gasteiger partial charge in [-0.1, -0.05) is 81.3 Å². The van der Waals surface area contributed by atoms with Crippen molar-refractivity contribution in [1.82, 2.24) is 35.1 Å². The number of H-pyrrole nitrogens is 1. The summed E-state index contributed by atoms with van der Waals surface area (Å²) in [7, 11) is 0. The number of tetrazole rings is 1. The van der Waals surface area contributed by atoms with Gasteiger partial charge in [0, 0.05) is 30.7 Å². The van der Waals surface area contributed by atoms with Crippen LogP contribution < -0.4 is 4.73 Å². The number of nitrogens with one attached hydrogen (secondary N) is 1. The predicted molar refractivity (Wildman–Crippen MR) is 165 cm³/mol. The number of unbranched alkanes of at least 4 members (excludes halogenated alkanes) is 1. The summed E-state index contributed by atoms with van der Waals surface area (Å²) in [5, 5.41) is 28.3. The maximum atomic E-state index is 14.0. The third kappa shape index (κ3) is 6.50. The van der Waals surface area contributed by atoms with Crippen LogP contribution in [0.25, 0.3) is 22.5 Å². The fourth-order valence-electron chi connectivity index (χ4n) is 5.20. The van der Waals surface area contributed by atoms with E-state index in [9.17, 15) is 10.0 Å². The summed E-state index contributed by atoms with van der Waals surface area (Å²) in [6.07, 6.45) is 2.47. The number of pyridine rings is 1. The highest BCUT2D eigenvalue weighted by Gasteiger charge is 2.29. The fourth-order valence-corrected chi connectivity index (χ4v) is 5.49. The Labute approximate surface area is 255 Å². The molecule has 0 saturated heterocycles. The summed E-state index contributed by atoms with van der Waals surface area (Å²) in [4.78, 5) is 20.8. The van der Waals surface area contributed by atoms with E-state index in [0.29, 0.717) is 36.9 Å². The molecule has 0 atom stereocenters. The quantitative estimate of drug-likeness (QED) is 0.108. The van der Waals surface area contributed by atoms with Gasteiger partial charge in [-0.05, 0) is 53.5 Å². The first-order valence-electron chi connectivity index (χ1n) is 14.6. The topological polar surface area (TPSA) is 120 Å². The Bertz CT molecular complexity index is 1680. The molecule has 0 radical (unpaired) electrons. The maximum Gasteiger partial charge on any atom is 0.277 e. The van der Waals surface area contributed by atoms with Crippen LogP contribution in [0, 0.1) is 5.21 Å². The van der Waals surface area contributed by atoms with Gasteiger partial charge < -0.3 is 9.77 Å². The second-order valence-corrected chi connectivity index (χ2v) is 10.7. The Morgan fingerprint density at radius 1 is 1.02 bits per heavy atom. The van der Waals surface area contributed by atoms with Gasteiger partial charge in [0.25, 0.3) is 11.5 Å². The van der Waals surface area contributed by atoms with E-state index in [1.54, 1.807) is 18.2 Å². The first-order valence-corrected chi connectivity index (χ1v) is 15.0. The largest absolute Gasteiger partial charge is 0.618 e. The molecule has 1 N–H and O–H groups in total.